The van der Waals surface area contributed by atoms with Crippen LogP contribution in [0.15, 0.2) is 42.5 Å². The number of ether oxygens (including phenoxy) is 1. The lowest BCUT2D eigenvalue weighted by molar-refractivity contribution is -0.143. The summed E-state index contributed by atoms with van der Waals surface area (Å²) in [6.07, 6.45) is 0. The van der Waals surface area contributed by atoms with Gasteiger partial charge in [-0.25, -0.2) is 0 Å². The van der Waals surface area contributed by atoms with Crippen molar-refractivity contribution in [3.05, 3.63) is 48.0 Å². The van der Waals surface area contributed by atoms with Gasteiger partial charge in [0.2, 0.25) is 0 Å². The first-order valence-corrected chi connectivity index (χ1v) is 5.82. The molecular formula is C15H13NO2. The summed E-state index contributed by atoms with van der Waals surface area (Å²) in [7, 11) is 0. The van der Waals surface area contributed by atoms with Crippen molar-refractivity contribution in [2.24, 2.45) is 0 Å². The fraction of sp³-hybridized carbons (Fsp3) is 0.200. The summed E-state index contributed by atoms with van der Waals surface area (Å²) >= 11 is 0. The van der Waals surface area contributed by atoms with E-state index in [4.69, 9.17) is 4.74 Å². The molecule has 2 aromatic rings. The number of fused-ring (bicyclic) bond motifs is 1. The largest absolute Gasteiger partial charge is 0.465 e. The predicted molar refractivity (Wildman–Crippen MR) is 68.9 cm³/mol. The lowest BCUT2D eigenvalue weighted by Crippen LogP contribution is -2.14. The molecule has 3 nitrogen and oxygen atoms in total. The summed E-state index contributed by atoms with van der Waals surface area (Å²) < 4.78 is 4.94. The van der Waals surface area contributed by atoms with Crippen LogP contribution in [0.1, 0.15) is 18.4 Å². The SMILES string of the molecule is CCOC(=O)[C@H](C#N)c1cccc2ccccc12. The van der Waals surface area contributed by atoms with Gasteiger partial charge >= 0.3 is 5.97 Å². The topological polar surface area (TPSA) is 50.1 Å². The average molecular weight is 239 g/mol. The van der Waals surface area contributed by atoms with Gasteiger partial charge in [0.05, 0.1) is 12.7 Å². The highest BCUT2D eigenvalue weighted by molar-refractivity contribution is 5.92. The Bertz CT molecular complexity index is 608. The molecule has 0 N–H and O–H groups in total. The number of carbonyl (C=O) groups is 1. The van der Waals surface area contributed by atoms with Crippen LogP contribution < -0.4 is 0 Å². The summed E-state index contributed by atoms with van der Waals surface area (Å²) in [5.74, 6) is -1.35. The highest BCUT2D eigenvalue weighted by atomic mass is 16.5. The van der Waals surface area contributed by atoms with E-state index >= 15 is 0 Å². The first kappa shape index (κ1) is 12.1. The van der Waals surface area contributed by atoms with Crippen LogP contribution in [0.25, 0.3) is 10.8 Å². The van der Waals surface area contributed by atoms with Crippen molar-refractivity contribution in [3.63, 3.8) is 0 Å². The highest BCUT2D eigenvalue weighted by Crippen LogP contribution is 2.26. The molecule has 2 aromatic carbocycles. The van der Waals surface area contributed by atoms with Gasteiger partial charge in [-0.05, 0) is 23.3 Å². The summed E-state index contributed by atoms with van der Waals surface area (Å²) in [6.45, 7) is 2.01. The molecule has 0 unspecified atom stereocenters. The third-order valence-electron chi connectivity index (χ3n) is 2.79. The van der Waals surface area contributed by atoms with E-state index in [1.807, 2.05) is 42.5 Å². The Morgan fingerprint density at radius 2 is 2.00 bits per heavy atom. The second-order valence-electron chi connectivity index (χ2n) is 3.88. The zero-order valence-electron chi connectivity index (χ0n) is 10.1. The van der Waals surface area contributed by atoms with Crippen molar-refractivity contribution >= 4 is 16.7 Å². The Kier molecular flexibility index (Phi) is 3.59. The van der Waals surface area contributed by atoms with Crippen LogP contribution in [-0.4, -0.2) is 12.6 Å². The molecule has 2 rings (SSSR count). The molecule has 3 heteroatoms. The molecule has 0 spiro atoms. The molecule has 0 aromatic heterocycles. The smallest absolute Gasteiger partial charge is 0.327 e. The molecule has 0 aliphatic heterocycles. The minimum atomic E-state index is -0.865. The average Bonchev–Trinajstić information content (AvgIpc) is 2.40. The number of esters is 1. The van der Waals surface area contributed by atoms with Gasteiger partial charge in [-0.2, -0.15) is 5.26 Å². The van der Waals surface area contributed by atoms with Gasteiger partial charge in [-0.1, -0.05) is 42.5 Å². The number of nitriles is 1. The highest BCUT2D eigenvalue weighted by Gasteiger charge is 2.23. The lowest BCUT2D eigenvalue weighted by atomic mass is 9.94. The molecule has 18 heavy (non-hydrogen) atoms. The zero-order chi connectivity index (χ0) is 13.0. The maximum atomic E-state index is 11.8. The Morgan fingerprint density at radius 1 is 1.28 bits per heavy atom. The molecule has 0 radical (unpaired) electrons. The number of benzene rings is 2. The van der Waals surface area contributed by atoms with Crippen molar-refractivity contribution in [2.75, 3.05) is 6.61 Å². The maximum absolute atomic E-state index is 11.8. The summed E-state index contributed by atoms with van der Waals surface area (Å²) in [4.78, 5) is 11.8. The van der Waals surface area contributed by atoms with Gasteiger partial charge in [-0.3, -0.25) is 4.79 Å². The van der Waals surface area contributed by atoms with Gasteiger partial charge in [-0.15, -0.1) is 0 Å². The maximum Gasteiger partial charge on any atom is 0.327 e. The molecule has 0 amide bonds. The van der Waals surface area contributed by atoms with E-state index in [9.17, 15) is 10.1 Å². The number of nitrogens with zero attached hydrogens (tertiary/aromatic N) is 1. The number of rotatable bonds is 3. The molecule has 0 saturated carbocycles. The van der Waals surface area contributed by atoms with Crippen LogP contribution in [0.2, 0.25) is 0 Å². The van der Waals surface area contributed by atoms with Crippen LogP contribution in [-0.2, 0) is 9.53 Å². The van der Waals surface area contributed by atoms with Gasteiger partial charge < -0.3 is 4.74 Å². The third-order valence-corrected chi connectivity index (χ3v) is 2.79. The van der Waals surface area contributed by atoms with E-state index in [-0.39, 0.29) is 6.61 Å². The normalized spacial score (nSPS) is 11.8. The Morgan fingerprint density at radius 3 is 2.72 bits per heavy atom. The molecule has 0 heterocycles. The van der Waals surface area contributed by atoms with Gasteiger partial charge in [0.25, 0.3) is 0 Å². The molecule has 0 bridgehead atoms. The van der Waals surface area contributed by atoms with Crippen LogP contribution in [0.5, 0.6) is 0 Å². The summed E-state index contributed by atoms with van der Waals surface area (Å²) in [6, 6.07) is 15.3. The Hall–Kier alpha value is -2.34. The molecule has 0 aliphatic rings. The van der Waals surface area contributed by atoms with E-state index < -0.39 is 11.9 Å². The standard InChI is InChI=1S/C15H13NO2/c1-2-18-15(17)14(10-16)13-9-5-7-11-6-3-4-8-12(11)13/h3-9,14H,2H2,1H3/t14-/m1/s1. The predicted octanol–water partition coefficient (Wildman–Crippen LogP) is 3.01. The monoisotopic (exact) mass is 239 g/mol. The van der Waals surface area contributed by atoms with Crippen molar-refractivity contribution in [3.8, 4) is 6.07 Å². The fourth-order valence-corrected chi connectivity index (χ4v) is 1.98. The number of carbonyl (C=O) groups excluding carboxylic acids is 1. The van der Waals surface area contributed by atoms with Crippen LogP contribution >= 0.6 is 0 Å². The first-order valence-electron chi connectivity index (χ1n) is 5.82. The van der Waals surface area contributed by atoms with E-state index in [0.29, 0.717) is 5.56 Å². The Labute approximate surface area is 106 Å². The second-order valence-corrected chi connectivity index (χ2v) is 3.88. The molecule has 90 valence electrons. The molecular weight excluding hydrogens is 226 g/mol. The van der Waals surface area contributed by atoms with Crippen molar-refractivity contribution in [2.45, 2.75) is 12.8 Å². The molecule has 0 aliphatic carbocycles. The fourth-order valence-electron chi connectivity index (χ4n) is 1.98. The minimum absolute atomic E-state index is 0.280. The van der Waals surface area contributed by atoms with E-state index in [1.54, 1.807) is 13.0 Å². The van der Waals surface area contributed by atoms with E-state index in [1.165, 1.54) is 0 Å². The molecule has 0 fully saturated rings. The van der Waals surface area contributed by atoms with Crippen molar-refractivity contribution in [1.29, 1.82) is 5.26 Å². The van der Waals surface area contributed by atoms with E-state index in [2.05, 4.69) is 0 Å². The quantitative estimate of drug-likeness (QED) is 0.773. The molecule has 1 atom stereocenters. The summed E-state index contributed by atoms with van der Waals surface area (Å²) in [5.41, 5.74) is 0.703. The number of hydrogen-bond acceptors (Lipinski definition) is 3. The second kappa shape index (κ2) is 5.33. The first-order chi connectivity index (χ1) is 8.77. The minimum Gasteiger partial charge on any atom is -0.465 e. The van der Waals surface area contributed by atoms with Crippen molar-refractivity contribution in [1.82, 2.24) is 0 Å². The van der Waals surface area contributed by atoms with Gasteiger partial charge in [0, 0.05) is 0 Å². The van der Waals surface area contributed by atoms with Crippen LogP contribution in [0, 0.1) is 11.3 Å². The van der Waals surface area contributed by atoms with Crippen molar-refractivity contribution < 1.29 is 9.53 Å². The lowest BCUT2D eigenvalue weighted by Gasteiger charge is -2.11. The number of hydrogen-bond donors (Lipinski definition) is 0. The van der Waals surface area contributed by atoms with E-state index in [0.717, 1.165) is 10.8 Å². The van der Waals surface area contributed by atoms with Gasteiger partial charge in [0.1, 0.15) is 0 Å². The van der Waals surface area contributed by atoms with Crippen LogP contribution in [0.3, 0.4) is 0 Å². The summed E-state index contributed by atoms with van der Waals surface area (Å²) in [5, 5.41) is 11.1. The zero-order valence-corrected chi connectivity index (χ0v) is 10.1. The third kappa shape index (κ3) is 2.18. The van der Waals surface area contributed by atoms with Gasteiger partial charge in [0.15, 0.2) is 5.92 Å². The molecule has 0 saturated heterocycles. The van der Waals surface area contributed by atoms with Crippen LogP contribution in [0.4, 0.5) is 0 Å². The Balaban J connectivity index is 2.52.